The zero-order valence-electron chi connectivity index (χ0n) is 17.1. The minimum atomic E-state index is -1.85. The number of nitrogens with zero attached hydrogens (tertiary/aromatic N) is 2. The van der Waals surface area contributed by atoms with Gasteiger partial charge in [-0.2, -0.15) is 0 Å². The molecule has 7 nitrogen and oxygen atoms in total. The minimum absolute atomic E-state index is 0.223. The maximum Gasteiger partial charge on any atom is 0.294 e. The molecule has 168 valence electrons. The van der Waals surface area contributed by atoms with Crippen LogP contribution in [0.5, 0.6) is 0 Å². The highest BCUT2D eigenvalue weighted by Crippen LogP contribution is 2.43. The van der Waals surface area contributed by atoms with E-state index in [0.29, 0.717) is 11.1 Å². The summed E-state index contributed by atoms with van der Waals surface area (Å²) in [6.45, 7) is 0. The molecule has 0 N–H and O–H groups in total. The second-order valence-corrected chi connectivity index (χ2v) is 8.52. The summed E-state index contributed by atoms with van der Waals surface area (Å²) in [6, 6.07) is 16.6. The minimum Gasteiger partial charge on any atom is -0.350 e. The third-order valence-electron chi connectivity index (χ3n) is 5.85. The number of halogens is 2. The van der Waals surface area contributed by atoms with Gasteiger partial charge in [0.2, 0.25) is 0 Å². The number of ether oxygens (including phenoxy) is 1. The first-order chi connectivity index (χ1) is 15.8. The molecule has 0 spiro atoms. The quantitative estimate of drug-likeness (QED) is 0.400. The van der Waals surface area contributed by atoms with Gasteiger partial charge in [0.05, 0.1) is 0 Å². The van der Waals surface area contributed by atoms with E-state index in [0.717, 1.165) is 0 Å². The first-order valence-corrected chi connectivity index (χ1v) is 10.7. The van der Waals surface area contributed by atoms with Gasteiger partial charge in [-0.15, -0.1) is 0 Å². The predicted molar refractivity (Wildman–Crippen MR) is 125 cm³/mol. The van der Waals surface area contributed by atoms with Gasteiger partial charge < -0.3 is 4.74 Å². The van der Waals surface area contributed by atoms with E-state index in [1.54, 1.807) is 60.7 Å². The molecule has 0 aromatic heterocycles. The second-order valence-electron chi connectivity index (χ2n) is 7.64. The molecular weight excluding hydrogens is 467 g/mol. The van der Waals surface area contributed by atoms with Crippen molar-refractivity contribution in [2.45, 2.75) is 23.3 Å². The lowest BCUT2D eigenvalue weighted by atomic mass is 9.79. The molecule has 2 aliphatic carbocycles. The van der Waals surface area contributed by atoms with Crippen LogP contribution in [-0.4, -0.2) is 22.1 Å². The Morgan fingerprint density at radius 1 is 0.697 bits per heavy atom. The SMILES string of the molecule is O=[N+]([O-])C1(c2ccccc2)C=CC(Cl)=CC1OC1C=C(Cl)C=CC1(c1ccccc1)[N+](=O)[O-]. The summed E-state index contributed by atoms with van der Waals surface area (Å²) in [5, 5.41) is 25.4. The van der Waals surface area contributed by atoms with Crippen molar-refractivity contribution in [1.82, 2.24) is 0 Å². The van der Waals surface area contributed by atoms with Crippen molar-refractivity contribution in [2.24, 2.45) is 0 Å². The van der Waals surface area contributed by atoms with Crippen LogP contribution >= 0.6 is 23.2 Å². The topological polar surface area (TPSA) is 95.5 Å². The molecule has 0 fully saturated rings. The van der Waals surface area contributed by atoms with E-state index in [2.05, 4.69) is 0 Å². The van der Waals surface area contributed by atoms with Crippen LogP contribution in [0.2, 0.25) is 0 Å². The van der Waals surface area contributed by atoms with Gasteiger partial charge >= 0.3 is 0 Å². The number of hydrogen-bond acceptors (Lipinski definition) is 5. The van der Waals surface area contributed by atoms with Gasteiger partial charge in [-0.1, -0.05) is 83.9 Å². The van der Waals surface area contributed by atoms with Crippen molar-refractivity contribution in [3.8, 4) is 0 Å². The fourth-order valence-corrected chi connectivity index (χ4v) is 4.53. The van der Waals surface area contributed by atoms with Crippen LogP contribution in [0.25, 0.3) is 0 Å². The van der Waals surface area contributed by atoms with Crippen molar-refractivity contribution in [2.75, 3.05) is 0 Å². The average Bonchev–Trinajstić information content (AvgIpc) is 2.80. The molecule has 2 aromatic rings. The number of rotatable bonds is 6. The summed E-state index contributed by atoms with van der Waals surface area (Å²) in [5.74, 6) is 0. The van der Waals surface area contributed by atoms with Gasteiger partial charge in [-0.3, -0.25) is 20.2 Å². The zero-order chi connectivity index (χ0) is 23.6. The van der Waals surface area contributed by atoms with E-state index in [4.69, 9.17) is 27.9 Å². The maximum atomic E-state index is 12.5. The molecule has 2 aromatic carbocycles. The average molecular weight is 485 g/mol. The Bertz CT molecular complexity index is 1100. The lowest BCUT2D eigenvalue weighted by Crippen LogP contribution is -2.53. The molecule has 4 unspecified atom stereocenters. The fourth-order valence-electron chi connectivity index (χ4n) is 4.17. The van der Waals surface area contributed by atoms with Crippen LogP contribution in [0, 0.1) is 20.2 Å². The lowest BCUT2D eigenvalue weighted by Gasteiger charge is -2.37. The molecule has 9 heteroatoms. The molecule has 33 heavy (non-hydrogen) atoms. The molecule has 4 atom stereocenters. The highest BCUT2D eigenvalue weighted by molar-refractivity contribution is 6.31. The van der Waals surface area contributed by atoms with Crippen molar-refractivity contribution in [1.29, 1.82) is 0 Å². The highest BCUT2D eigenvalue weighted by atomic mass is 35.5. The normalized spacial score (nSPS) is 28.7. The molecule has 0 heterocycles. The van der Waals surface area contributed by atoms with Gasteiger partial charge in [0.25, 0.3) is 11.1 Å². The van der Waals surface area contributed by atoms with Crippen molar-refractivity contribution >= 4 is 23.2 Å². The van der Waals surface area contributed by atoms with E-state index in [1.807, 2.05) is 0 Å². The Morgan fingerprint density at radius 3 is 1.39 bits per heavy atom. The van der Waals surface area contributed by atoms with E-state index in [9.17, 15) is 20.2 Å². The van der Waals surface area contributed by atoms with Gasteiger partial charge in [0, 0.05) is 43.2 Å². The molecule has 0 radical (unpaired) electrons. The third-order valence-corrected chi connectivity index (χ3v) is 6.36. The van der Waals surface area contributed by atoms with Crippen molar-refractivity contribution < 1.29 is 14.6 Å². The second kappa shape index (κ2) is 8.94. The van der Waals surface area contributed by atoms with E-state index < -0.39 is 33.1 Å². The molecule has 4 rings (SSSR count). The molecule has 0 saturated heterocycles. The van der Waals surface area contributed by atoms with Gasteiger partial charge in [-0.05, 0) is 24.3 Å². The monoisotopic (exact) mass is 484 g/mol. The molecule has 0 amide bonds. The maximum absolute atomic E-state index is 12.5. The van der Waals surface area contributed by atoms with Crippen LogP contribution in [0.15, 0.2) is 107 Å². The number of hydrogen-bond donors (Lipinski definition) is 0. The Labute approximate surface area is 199 Å². The van der Waals surface area contributed by atoms with Crippen molar-refractivity contribution in [3.05, 3.63) is 139 Å². The number of benzene rings is 2. The van der Waals surface area contributed by atoms with Crippen LogP contribution in [0.3, 0.4) is 0 Å². The Kier molecular flexibility index (Phi) is 6.21. The van der Waals surface area contributed by atoms with E-state index >= 15 is 0 Å². The predicted octanol–water partition coefficient (Wildman–Crippen LogP) is 5.47. The number of nitro groups is 2. The summed E-state index contributed by atoms with van der Waals surface area (Å²) in [4.78, 5) is 24.0. The Balaban J connectivity index is 1.86. The smallest absolute Gasteiger partial charge is 0.294 e. The molecule has 2 aliphatic rings. The van der Waals surface area contributed by atoms with Gasteiger partial charge in [0.1, 0.15) is 0 Å². The summed E-state index contributed by atoms with van der Waals surface area (Å²) in [5.41, 5.74) is -2.99. The first-order valence-electron chi connectivity index (χ1n) is 9.99. The summed E-state index contributed by atoms with van der Waals surface area (Å²) in [7, 11) is 0. The highest BCUT2D eigenvalue weighted by Gasteiger charge is 2.57. The first kappa shape index (κ1) is 22.9. The van der Waals surface area contributed by atoms with Crippen LogP contribution in [-0.2, 0) is 15.8 Å². The summed E-state index contributed by atoms with van der Waals surface area (Å²) < 4.78 is 6.23. The zero-order valence-corrected chi connectivity index (χ0v) is 18.6. The standard InChI is InChI=1S/C24H18Cl2N2O5/c25-19-11-13-23(27(29)30,17-7-3-1-4-8-17)21(15-19)33-22-16-20(26)12-14-24(22,28(31)32)18-9-5-2-6-10-18/h1-16,21-22H. The van der Waals surface area contributed by atoms with Gasteiger partial charge in [-0.25, -0.2) is 0 Å². The summed E-state index contributed by atoms with van der Waals surface area (Å²) in [6.07, 6.45) is 5.85. The fraction of sp³-hybridized carbons (Fsp3) is 0.167. The molecule has 0 saturated carbocycles. The molecule has 0 aliphatic heterocycles. The van der Waals surface area contributed by atoms with E-state index in [1.165, 1.54) is 36.5 Å². The third kappa shape index (κ3) is 3.88. The van der Waals surface area contributed by atoms with Crippen LogP contribution in [0.4, 0.5) is 0 Å². The lowest BCUT2D eigenvalue weighted by molar-refractivity contribution is -0.591. The Morgan fingerprint density at radius 2 is 1.06 bits per heavy atom. The summed E-state index contributed by atoms with van der Waals surface area (Å²) >= 11 is 12.4. The van der Waals surface area contributed by atoms with Crippen molar-refractivity contribution in [3.63, 3.8) is 0 Å². The molecule has 0 bridgehead atoms. The van der Waals surface area contributed by atoms with E-state index in [-0.39, 0.29) is 10.1 Å². The largest absolute Gasteiger partial charge is 0.350 e. The number of allylic oxidation sites excluding steroid dienone is 4. The molecular formula is C24H18Cl2N2O5. The van der Waals surface area contributed by atoms with Crippen LogP contribution in [0.1, 0.15) is 11.1 Å². The van der Waals surface area contributed by atoms with Crippen LogP contribution < -0.4 is 0 Å². The van der Waals surface area contributed by atoms with Gasteiger partial charge in [0.15, 0.2) is 12.2 Å². The Hall–Kier alpha value is -3.26.